The van der Waals surface area contributed by atoms with E-state index in [2.05, 4.69) is 25.2 Å². The molecule has 0 aliphatic carbocycles. The molecule has 9 nitrogen and oxygen atoms in total. The first-order valence-electron chi connectivity index (χ1n) is 9.49. The number of hydrogen-bond acceptors (Lipinski definition) is 8. The van der Waals surface area contributed by atoms with Crippen molar-refractivity contribution in [2.24, 2.45) is 0 Å². The quantitative estimate of drug-likeness (QED) is 0.651. The number of rotatable bonds is 5. The van der Waals surface area contributed by atoms with Gasteiger partial charge in [0.2, 0.25) is 11.9 Å². The number of aromatic nitrogens is 3. The van der Waals surface area contributed by atoms with Crippen molar-refractivity contribution in [3.8, 4) is 0 Å². The van der Waals surface area contributed by atoms with E-state index in [1.165, 1.54) is 6.07 Å². The van der Waals surface area contributed by atoms with Crippen LogP contribution in [0.5, 0.6) is 0 Å². The van der Waals surface area contributed by atoms with E-state index in [1.807, 2.05) is 20.2 Å². The molecule has 4 rings (SSSR count). The number of carbonyl (C=O) groups excluding carboxylic acids is 1. The Labute approximate surface area is 167 Å². The summed E-state index contributed by atoms with van der Waals surface area (Å²) in [6.45, 7) is 1.89. The number of fused-ring (bicyclic) bond motifs is 1. The van der Waals surface area contributed by atoms with Gasteiger partial charge >= 0.3 is 5.63 Å². The molecule has 0 saturated carbocycles. The lowest BCUT2D eigenvalue weighted by atomic mass is 10.2. The van der Waals surface area contributed by atoms with E-state index >= 15 is 0 Å². The van der Waals surface area contributed by atoms with Gasteiger partial charge in [0.25, 0.3) is 5.91 Å². The van der Waals surface area contributed by atoms with Gasteiger partial charge in [-0.3, -0.25) is 4.79 Å². The zero-order valence-corrected chi connectivity index (χ0v) is 16.4. The van der Waals surface area contributed by atoms with Crippen molar-refractivity contribution in [1.82, 2.24) is 20.3 Å². The fraction of sp³-hybridized carbons (Fsp3) is 0.350. The number of nitrogens with zero attached hydrogens (tertiary/aromatic N) is 5. The third kappa shape index (κ3) is 4.03. The molecule has 1 fully saturated rings. The minimum atomic E-state index is -0.677. The van der Waals surface area contributed by atoms with Gasteiger partial charge in [-0.1, -0.05) is 18.2 Å². The number of nitrogens with one attached hydrogen (secondary N) is 1. The van der Waals surface area contributed by atoms with Crippen molar-refractivity contribution in [2.45, 2.75) is 19.4 Å². The Kier molecular flexibility index (Phi) is 5.11. The third-order valence-electron chi connectivity index (χ3n) is 4.74. The highest BCUT2D eigenvalue weighted by atomic mass is 16.4. The topological polar surface area (TPSA) is 104 Å². The second-order valence-corrected chi connectivity index (χ2v) is 7.11. The number of carbonyl (C=O) groups is 1. The second-order valence-electron chi connectivity index (χ2n) is 7.11. The summed E-state index contributed by atoms with van der Waals surface area (Å²) in [6, 6.07) is 8.59. The van der Waals surface area contributed by atoms with Crippen molar-refractivity contribution >= 4 is 28.8 Å². The Morgan fingerprint density at radius 1 is 1.17 bits per heavy atom. The predicted molar refractivity (Wildman–Crippen MR) is 109 cm³/mol. The summed E-state index contributed by atoms with van der Waals surface area (Å²) in [4.78, 5) is 42.1. The standard InChI is InChI=1S/C20H22N6O3/c1-25(2)19-22-16(23-20(24-19)26-9-5-6-10-26)12-21-17(27)14-11-13-7-3-4-8-15(13)29-18(14)28/h3-4,7-8,11H,5-6,9-10,12H2,1-2H3,(H,21,27). The first-order chi connectivity index (χ1) is 14.0. The summed E-state index contributed by atoms with van der Waals surface area (Å²) in [7, 11) is 3.71. The van der Waals surface area contributed by atoms with Crippen LogP contribution < -0.4 is 20.7 Å². The summed E-state index contributed by atoms with van der Waals surface area (Å²) in [5.74, 6) is 1.04. The molecule has 2 aromatic heterocycles. The number of hydrogen-bond donors (Lipinski definition) is 1. The summed E-state index contributed by atoms with van der Waals surface area (Å²) in [5, 5.41) is 3.40. The average molecular weight is 394 g/mol. The molecule has 1 aliphatic heterocycles. The van der Waals surface area contributed by atoms with E-state index < -0.39 is 11.5 Å². The molecule has 1 amide bonds. The van der Waals surface area contributed by atoms with Gasteiger partial charge in [-0.25, -0.2) is 4.79 Å². The van der Waals surface area contributed by atoms with Gasteiger partial charge in [-0.15, -0.1) is 0 Å². The molecule has 9 heteroatoms. The molecule has 3 aromatic rings. The van der Waals surface area contributed by atoms with Gasteiger partial charge in [-0.2, -0.15) is 15.0 Å². The van der Waals surface area contributed by atoms with Crippen LogP contribution in [0.25, 0.3) is 11.0 Å². The average Bonchev–Trinajstić information content (AvgIpc) is 3.26. The van der Waals surface area contributed by atoms with E-state index in [4.69, 9.17) is 4.42 Å². The lowest BCUT2D eigenvalue weighted by molar-refractivity contribution is 0.0946. The first-order valence-corrected chi connectivity index (χ1v) is 9.49. The minimum absolute atomic E-state index is 0.0506. The highest BCUT2D eigenvalue weighted by Crippen LogP contribution is 2.18. The molecule has 150 valence electrons. The van der Waals surface area contributed by atoms with Crippen LogP contribution in [0.4, 0.5) is 11.9 Å². The van der Waals surface area contributed by atoms with E-state index in [1.54, 1.807) is 23.1 Å². The summed E-state index contributed by atoms with van der Waals surface area (Å²) in [6.07, 6.45) is 2.21. The van der Waals surface area contributed by atoms with E-state index in [0.29, 0.717) is 28.7 Å². The molecule has 1 aliphatic rings. The molecule has 29 heavy (non-hydrogen) atoms. The maximum absolute atomic E-state index is 12.6. The Morgan fingerprint density at radius 3 is 2.69 bits per heavy atom. The molecule has 1 saturated heterocycles. The fourth-order valence-corrected chi connectivity index (χ4v) is 3.21. The van der Waals surface area contributed by atoms with Crippen LogP contribution in [0, 0.1) is 0 Å². The summed E-state index contributed by atoms with van der Waals surface area (Å²) in [5.41, 5.74) is -0.286. The number of benzene rings is 1. The molecular formula is C20H22N6O3. The monoisotopic (exact) mass is 394 g/mol. The van der Waals surface area contributed by atoms with Crippen molar-refractivity contribution in [3.63, 3.8) is 0 Å². The molecule has 0 atom stereocenters. The molecule has 0 unspecified atom stereocenters. The number of anilines is 2. The smallest absolute Gasteiger partial charge is 0.349 e. The van der Waals surface area contributed by atoms with Crippen LogP contribution in [0.3, 0.4) is 0 Å². The van der Waals surface area contributed by atoms with Crippen LogP contribution in [-0.4, -0.2) is 48.0 Å². The highest BCUT2D eigenvalue weighted by Gasteiger charge is 2.19. The number of amides is 1. The van der Waals surface area contributed by atoms with Gasteiger partial charge in [0.05, 0.1) is 6.54 Å². The normalized spacial score (nSPS) is 13.7. The Hall–Kier alpha value is -3.49. The van der Waals surface area contributed by atoms with E-state index in [0.717, 1.165) is 25.9 Å². The van der Waals surface area contributed by atoms with Gasteiger partial charge in [0.15, 0.2) is 5.82 Å². The Balaban J connectivity index is 1.56. The van der Waals surface area contributed by atoms with E-state index in [9.17, 15) is 9.59 Å². The van der Waals surface area contributed by atoms with E-state index in [-0.39, 0.29) is 12.1 Å². The zero-order chi connectivity index (χ0) is 20.4. The van der Waals surface area contributed by atoms with Crippen molar-refractivity contribution in [2.75, 3.05) is 37.0 Å². The van der Waals surface area contributed by atoms with Crippen molar-refractivity contribution in [1.29, 1.82) is 0 Å². The van der Waals surface area contributed by atoms with Crippen LogP contribution in [0.2, 0.25) is 0 Å². The van der Waals surface area contributed by atoms with Crippen molar-refractivity contribution in [3.05, 3.63) is 52.1 Å². The minimum Gasteiger partial charge on any atom is -0.422 e. The molecular weight excluding hydrogens is 372 g/mol. The largest absolute Gasteiger partial charge is 0.422 e. The van der Waals surface area contributed by atoms with Gasteiger partial charge in [0, 0.05) is 32.6 Å². The van der Waals surface area contributed by atoms with Gasteiger partial charge in [-0.05, 0) is 25.0 Å². The SMILES string of the molecule is CN(C)c1nc(CNC(=O)c2cc3ccccc3oc2=O)nc(N2CCCC2)n1. The third-order valence-corrected chi connectivity index (χ3v) is 4.74. The predicted octanol–water partition coefficient (Wildman–Crippen LogP) is 1.57. The Morgan fingerprint density at radius 2 is 1.93 bits per heavy atom. The van der Waals surface area contributed by atoms with Gasteiger partial charge in [0.1, 0.15) is 11.1 Å². The summed E-state index contributed by atoms with van der Waals surface area (Å²) >= 11 is 0. The lowest BCUT2D eigenvalue weighted by Gasteiger charge is -2.18. The van der Waals surface area contributed by atoms with Crippen LogP contribution >= 0.6 is 0 Å². The molecule has 0 bridgehead atoms. The lowest BCUT2D eigenvalue weighted by Crippen LogP contribution is -2.30. The maximum Gasteiger partial charge on any atom is 0.349 e. The highest BCUT2D eigenvalue weighted by molar-refractivity contribution is 5.96. The number of para-hydroxylation sites is 1. The molecule has 0 radical (unpaired) electrons. The zero-order valence-electron chi connectivity index (χ0n) is 16.4. The molecule has 0 spiro atoms. The van der Waals surface area contributed by atoms with Gasteiger partial charge < -0.3 is 19.5 Å². The molecule has 1 aromatic carbocycles. The Bertz CT molecular complexity index is 1100. The molecule has 1 N–H and O–H groups in total. The molecule has 3 heterocycles. The van der Waals surface area contributed by atoms with Crippen molar-refractivity contribution < 1.29 is 9.21 Å². The van der Waals surface area contributed by atoms with Crippen LogP contribution in [-0.2, 0) is 6.54 Å². The van der Waals surface area contributed by atoms with Crippen LogP contribution in [0.15, 0.2) is 39.5 Å². The summed E-state index contributed by atoms with van der Waals surface area (Å²) < 4.78 is 5.23. The first kappa shape index (κ1) is 18.9. The second kappa shape index (κ2) is 7.86. The fourth-order valence-electron chi connectivity index (χ4n) is 3.21. The maximum atomic E-state index is 12.6. The van der Waals surface area contributed by atoms with Crippen LogP contribution in [0.1, 0.15) is 29.0 Å².